The van der Waals surface area contributed by atoms with Crippen LogP contribution >= 0.6 is 0 Å². The van der Waals surface area contributed by atoms with E-state index in [1.807, 2.05) is 25.1 Å². The summed E-state index contributed by atoms with van der Waals surface area (Å²) in [4.78, 5) is 11.1. The number of hydrogen-bond acceptors (Lipinski definition) is 1. The van der Waals surface area contributed by atoms with E-state index >= 15 is 0 Å². The van der Waals surface area contributed by atoms with E-state index in [4.69, 9.17) is 5.11 Å². The van der Waals surface area contributed by atoms with Crippen LogP contribution in [0.25, 0.3) is 11.1 Å². The molecule has 0 aromatic heterocycles. The average molecular weight is 256 g/mol. The van der Waals surface area contributed by atoms with Gasteiger partial charge in [-0.3, -0.25) is 4.79 Å². The molecule has 3 rings (SSSR count). The summed E-state index contributed by atoms with van der Waals surface area (Å²) in [6.45, 7) is 2.00. The molecule has 0 bridgehead atoms. The van der Waals surface area contributed by atoms with Crippen molar-refractivity contribution in [2.45, 2.75) is 19.3 Å². The maximum Gasteiger partial charge on any atom is 0.304 e. The fourth-order valence-corrected chi connectivity index (χ4v) is 2.96. The molecule has 0 radical (unpaired) electrons. The van der Waals surface area contributed by atoms with Crippen molar-refractivity contribution in [1.29, 1.82) is 0 Å². The number of aliphatic carboxylic acids is 1. The zero-order valence-corrected chi connectivity index (χ0v) is 10.5. The van der Waals surface area contributed by atoms with Crippen molar-refractivity contribution in [2.75, 3.05) is 0 Å². The minimum atomic E-state index is -0.866. The van der Waals surface area contributed by atoms with Crippen LogP contribution in [0.3, 0.4) is 0 Å². The van der Waals surface area contributed by atoms with Crippen LogP contribution in [-0.4, -0.2) is 11.1 Å². The Bertz CT molecular complexity index is 676. The summed E-state index contributed by atoms with van der Waals surface area (Å²) >= 11 is 0. The summed E-state index contributed by atoms with van der Waals surface area (Å²) in [7, 11) is 0. The molecule has 0 aliphatic heterocycles. The van der Waals surface area contributed by atoms with Gasteiger partial charge in [0.2, 0.25) is 0 Å². The lowest BCUT2D eigenvalue weighted by atomic mass is 9.93. The topological polar surface area (TPSA) is 37.3 Å². The largest absolute Gasteiger partial charge is 0.481 e. The molecule has 2 nitrogen and oxygen atoms in total. The van der Waals surface area contributed by atoms with E-state index in [0.29, 0.717) is 0 Å². The zero-order valence-electron chi connectivity index (χ0n) is 10.5. The highest BCUT2D eigenvalue weighted by molar-refractivity contribution is 5.83. The van der Waals surface area contributed by atoms with E-state index in [1.165, 1.54) is 12.1 Å². The molecule has 1 aliphatic rings. The first-order valence-corrected chi connectivity index (χ1v) is 6.19. The Morgan fingerprint density at radius 1 is 1.26 bits per heavy atom. The van der Waals surface area contributed by atoms with Gasteiger partial charge in [0.05, 0.1) is 6.42 Å². The second-order valence-electron chi connectivity index (χ2n) is 4.92. The lowest BCUT2D eigenvalue weighted by Gasteiger charge is -2.10. The van der Waals surface area contributed by atoms with Gasteiger partial charge in [-0.1, -0.05) is 24.3 Å². The molecule has 3 heteroatoms. The number of fused-ring (bicyclic) bond motifs is 3. The Morgan fingerprint density at radius 3 is 2.79 bits per heavy atom. The van der Waals surface area contributed by atoms with Crippen molar-refractivity contribution in [1.82, 2.24) is 0 Å². The van der Waals surface area contributed by atoms with Crippen LogP contribution in [0.4, 0.5) is 4.39 Å². The molecule has 0 fully saturated rings. The fourth-order valence-electron chi connectivity index (χ4n) is 2.96. The van der Waals surface area contributed by atoms with Gasteiger partial charge in [-0.15, -0.1) is 0 Å². The van der Waals surface area contributed by atoms with Crippen LogP contribution in [0.2, 0.25) is 0 Å². The first kappa shape index (κ1) is 11.9. The molecular formula is C16H13FO2. The second-order valence-corrected chi connectivity index (χ2v) is 4.92. The lowest BCUT2D eigenvalue weighted by Crippen LogP contribution is -2.05. The van der Waals surface area contributed by atoms with Gasteiger partial charge in [0.1, 0.15) is 5.82 Å². The van der Waals surface area contributed by atoms with Crippen molar-refractivity contribution in [2.24, 2.45) is 0 Å². The number of hydrogen-bond donors (Lipinski definition) is 1. The zero-order chi connectivity index (χ0) is 13.6. The molecule has 1 unspecified atom stereocenters. The smallest absolute Gasteiger partial charge is 0.304 e. The van der Waals surface area contributed by atoms with E-state index in [0.717, 1.165) is 27.8 Å². The maximum atomic E-state index is 13.4. The number of aryl methyl sites for hydroxylation is 1. The van der Waals surface area contributed by atoms with Crippen LogP contribution in [0.5, 0.6) is 0 Å². The molecular weight excluding hydrogens is 243 g/mol. The van der Waals surface area contributed by atoms with Crippen molar-refractivity contribution in [3.63, 3.8) is 0 Å². The maximum absolute atomic E-state index is 13.4. The summed E-state index contributed by atoms with van der Waals surface area (Å²) in [5, 5.41) is 9.07. The predicted molar refractivity (Wildman–Crippen MR) is 70.7 cm³/mol. The third-order valence-electron chi connectivity index (χ3n) is 3.72. The minimum Gasteiger partial charge on any atom is -0.481 e. The molecule has 2 aromatic rings. The molecule has 0 saturated carbocycles. The van der Waals surface area contributed by atoms with Crippen LogP contribution in [-0.2, 0) is 4.79 Å². The van der Waals surface area contributed by atoms with Gasteiger partial charge < -0.3 is 5.11 Å². The van der Waals surface area contributed by atoms with Crippen LogP contribution in [0.1, 0.15) is 29.0 Å². The van der Waals surface area contributed by atoms with Crippen molar-refractivity contribution in [3.05, 3.63) is 58.9 Å². The molecule has 0 spiro atoms. The quantitative estimate of drug-likeness (QED) is 0.889. The number of carboxylic acids is 1. The van der Waals surface area contributed by atoms with E-state index in [1.54, 1.807) is 6.07 Å². The summed E-state index contributed by atoms with van der Waals surface area (Å²) < 4.78 is 13.4. The van der Waals surface area contributed by atoms with E-state index in [-0.39, 0.29) is 18.2 Å². The lowest BCUT2D eigenvalue weighted by molar-refractivity contribution is -0.137. The van der Waals surface area contributed by atoms with Crippen molar-refractivity contribution < 1.29 is 14.3 Å². The molecule has 2 aromatic carbocycles. The van der Waals surface area contributed by atoms with Crippen LogP contribution in [0, 0.1) is 12.7 Å². The van der Waals surface area contributed by atoms with Gasteiger partial charge >= 0.3 is 5.97 Å². The molecule has 1 N–H and O–H groups in total. The summed E-state index contributed by atoms with van der Waals surface area (Å²) in [5.41, 5.74) is 4.89. The van der Waals surface area contributed by atoms with Crippen LogP contribution < -0.4 is 0 Å². The average Bonchev–Trinajstić information content (AvgIpc) is 2.64. The molecule has 1 aliphatic carbocycles. The van der Waals surface area contributed by atoms with E-state index < -0.39 is 5.97 Å². The molecule has 1 atom stereocenters. The standard InChI is InChI=1S/C16H13FO2/c1-9-3-2-4-11-14(8-15(18)19)13-7-10(17)5-6-12(13)16(9)11/h2-7,14H,8H2,1H3,(H,18,19). The van der Waals surface area contributed by atoms with E-state index in [2.05, 4.69) is 0 Å². The Kier molecular flexibility index (Phi) is 2.63. The Balaban J connectivity index is 2.26. The fraction of sp³-hybridized carbons (Fsp3) is 0.188. The highest BCUT2D eigenvalue weighted by atomic mass is 19.1. The first-order chi connectivity index (χ1) is 9.08. The Morgan fingerprint density at radius 2 is 2.05 bits per heavy atom. The first-order valence-electron chi connectivity index (χ1n) is 6.19. The third-order valence-corrected chi connectivity index (χ3v) is 3.72. The van der Waals surface area contributed by atoms with Crippen LogP contribution in [0.15, 0.2) is 36.4 Å². The predicted octanol–water partition coefficient (Wildman–Crippen LogP) is 3.72. The van der Waals surface area contributed by atoms with E-state index in [9.17, 15) is 9.18 Å². The molecule has 0 amide bonds. The number of rotatable bonds is 2. The Hall–Kier alpha value is -2.16. The van der Waals surface area contributed by atoms with Gasteiger partial charge in [-0.25, -0.2) is 4.39 Å². The highest BCUT2D eigenvalue weighted by Crippen LogP contribution is 2.47. The SMILES string of the molecule is Cc1cccc2c1-c1ccc(F)cc1C2CC(=O)O. The number of carboxylic acid groups (broad SMARTS) is 1. The monoisotopic (exact) mass is 256 g/mol. The second kappa shape index (κ2) is 4.19. The van der Waals surface area contributed by atoms with Crippen molar-refractivity contribution in [3.8, 4) is 11.1 Å². The number of benzene rings is 2. The number of carbonyl (C=O) groups is 1. The van der Waals surface area contributed by atoms with Gasteiger partial charge in [-0.05, 0) is 46.9 Å². The van der Waals surface area contributed by atoms with Gasteiger partial charge in [0.25, 0.3) is 0 Å². The normalized spacial score (nSPS) is 16.0. The van der Waals surface area contributed by atoms with Crippen molar-refractivity contribution >= 4 is 5.97 Å². The summed E-state index contributed by atoms with van der Waals surface area (Å²) in [6, 6.07) is 10.5. The minimum absolute atomic E-state index is 0.00704. The molecule has 0 saturated heterocycles. The molecule has 96 valence electrons. The van der Waals surface area contributed by atoms with Gasteiger partial charge in [0.15, 0.2) is 0 Å². The number of halogens is 1. The van der Waals surface area contributed by atoms with Gasteiger partial charge in [-0.2, -0.15) is 0 Å². The van der Waals surface area contributed by atoms with Gasteiger partial charge in [0, 0.05) is 5.92 Å². The highest BCUT2D eigenvalue weighted by Gasteiger charge is 2.31. The Labute approximate surface area is 110 Å². The molecule has 19 heavy (non-hydrogen) atoms. The molecule has 0 heterocycles. The third kappa shape index (κ3) is 1.82. The summed E-state index contributed by atoms with van der Waals surface area (Å²) in [6.07, 6.45) is -0.00704. The summed E-state index contributed by atoms with van der Waals surface area (Å²) in [5.74, 6) is -1.44.